The quantitative estimate of drug-likeness (QED) is 0.942. The van der Waals surface area contributed by atoms with Gasteiger partial charge >= 0.3 is 5.97 Å². The van der Waals surface area contributed by atoms with Gasteiger partial charge in [0.25, 0.3) is 0 Å². The first-order chi connectivity index (χ1) is 9.40. The molecule has 7 heteroatoms. The Kier molecular flexibility index (Phi) is 3.94. The molecule has 1 heterocycles. The molecule has 0 atom stereocenters. The molecule has 0 fully saturated rings. The minimum atomic E-state index is -1.19. The molecule has 0 bridgehead atoms. The van der Waals surface area contributed by atoms with Crippen LogP contribution in [0.4, 0.5) is 4.39 Å². The number of rotatable bonds is 4. The van der Waals surface area contributed by atoms with E-state index in [1.54, 1.807) is 14.0 Å². The normalized spacial score (nSPS) is 10.6. The number of halogens is 2. The maximum absolute atomic E-state index is 13.7. The smallest absolute Gasteiger partial charge is 0.335 e. The van der Waals surface area contributed by atoms with Gasteiger partial charge in [0.1, 0.15) is 11.8 Å². The van der Waals surface area contributed by atoms with E-state index in [1.807, 2.05) is 0 Å². The van der Waals surface area contributed by atoms with Crippen molar-refractivity contribution in [1.82, 2.24) is 9.78 Å². The Morgan fingerprint density at radius 1 is 1.55 bits per heavy atom. The molecule has 0 spiro atoms. The minimum absolute atomic E-state index is 0.0330. The van der Waals surface area contributed by atoms with Gasteiger partial charge in [0.05, 0.1) is 11.3 Å². The van der Waals surface area contributed by atoms with Crippen molar-refractivity contribution in [2.24, 2.45) is 7.05 Å². The second-order valence-corrected chi connectivity index (χ2v) is 4.58. The largest absolute Gasteiger partial charge is 0.486 e. The molecular formula is C13H12ClFN2O3. The van der Waals surface area contributed by atoms with Crippen molar-refractivity contribution < 1.29 is 19.0 Å². The molecule has 2 rings (SSSR count). The monoisotopic (exact) mass is 298 g/mol. The highest BCUT2D eigenvalue weighted by Gasteiger charge is 2.14. The SMILES string of the molecule is Cc1nn(C)c(Cl)c1COc1ccc(C(=O)O)cc1F. The van der Waals surface area contributed by atoms with E-state index in [1.165, 1.54) is 16.8 Å². The predicted octanol–water partition coefficient (Wildman–Crippen LogP) is 2.80. The van der Waals surface area contributed by atoms with Crippen LogP contribution >= 0.6 is 11.6 Å². The van der Waals surface area contributed by atoms with Crippen LogP contribution in [0.5, 0.6) is 5.75 Å². The summed E-state index contributed by atoms with van der Waals surface area (Å²) in [4.78, 5) is 10.7. The van der Waals surface area contributed by atoms with Crippen LogP contribution in [0.2, 0.25) is 5.15 Å². The molecule has 0 saturated heterocycles. The lowest BCUT2D eigenvalue weighted by Gasteiger charge is -2.07. The molecule has 2 aromatic rings. The number of hydrogen-bond donors (Lipinski definition) is 1. The molecule has 0 amide bonds. The number of nitrogens with zero attached hydrogens (tertiary/aromatic N) is 2. The Labute approximate surface area is 119 Å². The first-order valence-electron chi connectivity index (χ1n) is 5.73. The van der Waals surface area contributed by atoms with E-state index < -0.39 is 11.8 Å². The molecule has 0 aliphatic rings. The lowest BCUT2D eigenvalue weighted by Crippen LogP contribution is -2.01. The lowest BCUT2D eigenvalue weighted by molar-refractivity contribution is 0.0696. The van der Waals surface area contributed by atoms with Crippen molar-refractivity contribution in [2.75, 3.05) is 0 Å². The van der Waals surface area contributed by atoms with Gasteiger partial charge in [0, 0.05) is 12.6 Å². The summed E-state index contributed by atoms with van der Waals surface area (Å²) < 4.78 is 20.5. The van der Waals surface area contributed by atoms with Crippen LogP contribution < -0.4 is 4.74 Å². The zero-order chi connectivity index (χ0) is 14.9. The van der Waals surface area contributed by atoms with Crippen LogP contribution in [-0.4, -0.2) is 20.9 Å². The van der Waals surface area contributed by atoms with Crippen LogP contribution in [0.1, 0.15) is 21.6 Å². The number of aryl methyl sites for hydroxylation is 2. The van der Waals surface area contributed by atoms with Gasteiger partial charge in [-0.3, -0.25) is 4.68 Å². The number of benzene rings is 1. The Hall–Kier alpha value is -2.08. The third-order valence-electron chi connectivity index (χ3n) is 2.82. The van der Waals surface area contributed by atoms with Gasteiger partial charge in [-0.25, -0.2) is 9.18 Å². The molecule has 0 aliphatic heterocycles. The molecule has 0 aliphatic carbocycles. The van der Waals surface area contributed by atoms with E-state index in [-0.39, 0.29) is 17.9 Å². The van der Waals surface area contributed by atoms with Gasteiger partial charge in [-0.15, -0.1) is 0 Å². The molecule has 5 nitrogen and oxygen atoms in total. The Morgan fingerprint density at radius 2 is 2.25 bits per heavy atom. The van der Waals surface area contributed by atoms with Crippen molar-refractivity contribution in [3.05, 3.63) is 46.0 Å². The number of hydrogen-bond acceptors (Lipinski definition) is 3. The minimum Gasteiger partial charge on any atom is -0.486 e. The standard InChI is InChI=1S/C13H12ClFN2O3/c1-7-9(12(14)17(2)16-7)6-20-11-4-3-8(13(18)19)5-10(11)15/h3-5H,6H2,1-2H3,(H,18,19). The number of aromatic nitrogens is 2. The zero-order valence-electron chi connectivity index (χ0n) is 10.9. The number of carboxylic acids is 1. The summed E-state index contributed by atoms with van der Waals surface area (Å²) in [5, 5.41) is 13.3. The van der Waals surface area contributed by atoms with Crippen molar-refractivity contribution >= 4 is 17.6 Å². The second kappa shape index (κ2) is 5.50. The Morgan fingerprint density at radius 3 is 2.75 bits per heavy atom. The zero-order valence-corrected chi connectivity index (χ0v) is 11.6. The van der Waals surface area contributed by atoms with Crippen molar-refractivity contribution in [1.29, 1.82) is 0 Å². The van der Waals surface area contributed by atoms with E-state index in [9.17, 15) is 9.18 Å². The van der Waals surface area contributed by atoms with Gasteiger partial charge in [0.15, 0.2) is 11.6 Å². The summed E-state index contributed by atoms with van der Waals surface area (Å²) >= 11 is 6.04. The Bertz CT molecular complexity index is 670. The first-order valence-corrected chi connectivity index (χ1v) is 6.11. The average molecular weight is 299 g/mol. The highest BCUT2D eigenvalue weighted by atomic mass is 35.5. The number of carboxylic acid groups (broad SMARTS) is 1. The fourth-order valence-corrected chi connectivity index (χ4v) is 1.97. The number of ether oxygens (including phenoxy) is 1. The maximum Gasteiger partial charge on any atom is 0.335 e. The molecule has 0 unspecified atom stereocenters. The van der Waals surface area contributed by atoms with Gasteiger partial charge in [-0.05, 0) is 25.1 Å². The molecule has 0 saturated carbocycles. The third-order valence-corrected chi connectivity index (χ3v) is 3.29. The van der Waals surface area contributed by atoms with Gasteiger partial charge in [0.2, 0.25) is 0 Å². The van der Waals surface area contributed by atoms with E-state index in [0.717, 1.165) is 6.07 Å². The summed E-state index contributed by atoms with van der Waals surface area (Å²) in [6.07, 6.45) is 0. The lowest BCUT2D eigenvalue weighted by atomic mass is 10.2. The molecule has 20 heavy (non-hydrogen) atoms. The molecule has 0 radical (unpaired) electrons. The fourth-order valence-electron chi connectivity index (χ4n) is 1.74. The summed E-state index contributed by atoms with van der Waals surface area (Å²) in [6.45, 7) is 1.83. The number of carbonyl (C=O) groups is 1. The molecule has 1 N–H and O–H groups in total. The highest BCUT2D eigenvalue weighted by Crippen LogP contribution is 2.23. The van der Waals surface area contributed by atoms with Crippen LogP contribution in [0.3, 0.4) is 0 Å². The molecule has 1 aromatic heterocycles. The van der Waals surface area contributed by atoms with Gasteiger partial charge in [-0.1, -0.05) is 11.6 Å². The maximum atomic E-state index is 13.7. The number of aromatic carboxylic acids is 1. The van der Waals surface area contributed by atoms with Crippen molar-refractivity contribution in [3.8, 4) is 5.75 Å². The Balaban J connectivity index is 2.17. The molecule has 106 valence electrons. The molecular weight excluding hydrogens is 287 g/mol. The summed E-state index contributed by atoms with van der Waals surface area (Å²) in [6, 6.07) is 3.46. The average Bonchev–Trinajstić information content (AvgIpc) is 2.62. The summed E-state index contributed by atoms with van der Waals surface area (Å²) in [5.41, 5.74) is 1.22. The van der Waals surface area contributed by atoms with Crippen molar-refractivity contribution in [3.63, 3.8) is 0 Å². The van der Waals surface area contributed by atoms with E-state index in [0.29, 0.717) is 16.4 Å². The fraction of sp³-hybridized carbons (Fsp3) is 0.231. The summed E-state index contributed by atoms with van der Waals surface area (Å²) in [7, 11) is 1.70. The van der Waals surface area contributed by atoms with Crippen LogP contribution in [-0.2, 0) is 13.7 Å². The highest BCUT2D eigenvalue weighted by molar-refractivity contribution is 6.30. The van der Waals surface area contributed by atoms with Crippen molar-refractivity contribution in [2.45, 2.75) is 13.5 Å². The van der Waals surface area contributed by atoms with E-state index in [2.05, 4.69) is 5.10 Å². The van der Waals surface area contributed by atoms with Crippen LogP contribution in [0.25, 0.3) is 0 Å². The predicted molar refractivity (Wildman–Crippen MR) is 70.6 cm³/mol. The first kappa shape index (κ1) is 14.3. The van der Waals surface area contributed by atoms with E-state index >= 15 is 0 Å². The summed E-state index contributed by atoms with van der Waals surface area (Å²) in [5.74, 6) is -1.96. The van der Waals surface area contributed by atoms with Crippen LogP contribution in [0, 0.1) is 12.7 Å². The third kappa shape index (κ3) is 2.75. The second-order valence-electron chi connectivity index (χ2n) is 4.22. The molecule has 1 aromatic carbocycles. The topological polar surface area (TPSA) is 64.4 Å². The van der Waals surface area contributed by atoms with Gasteiger partial charge in [-0.2, -0.15) is 5.10 Å². The van der Waals surface area contributed by atoms with Gasteiger partial charge < -0.3 is 9.84 Å². The van der Waals surface area contributed by atoms with Crippen LogP contribution in [0.15, 0.2) is 18.2 Å². The van der Waals surface area contributed by atoms with E-state index in [4.69, 9.17) is 21.4 Å².